The highest BCUT2D eigenvalue weighted by Crippen LogP contribution is 2.18. The van der Waals surface area contributed by atoms with Crippen LogP contribution in [0.15, 0.2) is 30.5 Å². The molecule has 214 valence electrons. The van der Waals surface area contributed by atoms with Gasteiger partial charge in [0.1, 0.15) is 6.04 Å². The van der Waals surface area contributed by atoms with E-state index in [4.69, 9.17) is 16.0 Å². The molecule has 11 nitrogen and oxygen atoms in total. The average molecular weight is 542 g/mol. The van der Waals surface area contributed by atoms with Crippen LogP contribution in [0.3, 0.4) is 0 Å². The maximum absolute atomic E-state index is 12.7. The van der Waals surface area contributed by atoms with Crippen LogP contribution in [0.4, 0.5) is 0 Å². The number of para-hydroxylation sites is 1. The number of amides is 1. The molecule has 2 rings (SSSR count). The lowest BCUT2D eigenvalue weighted by Crippen LogP contribution is -2.49. The van der Waals surface area contributed by atoms with Crippen LogP contribution in [0.1, 0.15) is 58.4 Å². The van der Waals surface area contributed by atoms with Crippen molar-refractivity contribution >= 4 is 34.8 Å². The molecule has 2 aromatic rings. The van der Waals surface area contributed by atoms with Gasteiger partial charge in [-0.1, -0.05) is 24.6 Å². The Labute approximate surface area is 230 Å². The number of benzene rings is 1. The van der Waals surface area contributed by atoms with Crippen LogP contribution in [-0.2, 0) is 25.5 Å². The van der Waals surface area contributed by atoms with Gasteiger partial charge in [-0.3, -0.25) is 14.4 Å². The molecule has 0 aliphatic heterocycles. The summed E-state index contributed by atoms with van der Waals surface area (Å²) in [5.41, 5.74) is 17.3. The standard InChI is InChI=1S/C28H43N7O4/c1-19(2)39-28(38)27(12-11-24(37)18-35-30)34-17-23(8-6-7-13-31-20(3)36)32-16-22(29)14-21-15-33-26-10-5-4-9-25(21)26/h4-5,9-10,15,18-19,22-23,27,32-34H,6-8,11-14,16-17,29H2,1-3H3,(H,31,36). The molecular weight excluding hydrogens is 498 g/mol. The molecule has 39 heavy (non-hydrogen) atoms. The number of Topliss-reactive ketones (excluding diaryl/α,β-unsaturated/α-hetero) is 1. The molecule has 1 amide bonds. The van der Waals surface area contributed by atoms with Crippen molar-refractivity contribution in [1.29, 1.82) is 0 Å². The highest BCUT2D eigenvalue weighted by atomic mass is 16.5. The van der Waals surface area contributed by atoms with E-state index in [0.717, 1.165) is 41.9 Å². The fourth-order valence-corrected chi connectivity index (χ4v) is 4.35. The van der Waals surface area contributed by atoms with Gasteiger partial charge in [0, 0.05) is 62.2 Å². The fourth-order valence-electron chi connectivity index (χ4n) is 4.35. The first-order chi connectivity index (χ1) is 18.7. The number of H-pyrrole nitrogens is 1. The lowest BCUT2D eigenvalue weighted by molar-refractivity contribution is -0.150. The third-order valence-electron chi connectivity index (χ3n) is 6.31. The summed E-state index contributed by atoms with van der Waals surface area (Å²) >= 11 is 0. The molecule has 1 heterocycles. The topological polar surface area (TPSA) is 175 Å². The molecule has 3 unspecified atom stereocenters. The summed E-state index contributed by atoms with van der Waals surface area (Å²) in [6.45, 7) is 6.68. The largest absolute Gasteiger partial charge is 0.462 e. The Kier molecular flexibility index (Phi) is 14.1. The van der Waals surface area contributed by atoms with Gasteiger partial charge < -0.3 is 36.9 Å². The first-order valence-electron chi connectivity index (χ1n) is 13.6. The van der Waals surface area contributed by atoms with Crippen molar-refractivity contribution < 1.29 is 23.9 Å². The number of esters is 1. The van der Waals surface area contributed by atoms with Crippen LogP contribution in [0.5, 0.6) is 0 Å². The van der Waals surface area contributed by atoms with Crippen LogP contribution < -0.4 is 21.7 Å². The zero-order valence-corrected chi connectivity index (χ0v) is 23.2. The molecule has 0 saturated heterocycles. The number of aromatic amines is 1. The van der Waals surface area contributed by atoms with E-state index in [0.29, 0.717) is 26.1 Å². The van der Waals surface area contributed by atoms with E-state index >= 15 is 0 Å². The molecule has 11 heteroatoms. The van der Waals surface area contributed by atoms with E-state index in [1.807, 2.05) is 24.4 Å². The van der Waals surface area contributed by atoms with Crippen LogP contribution in [0, 0.1) is 0 Å². The molecule has 0 radical (unpaired) electrons. The fraction of sp³-hybridized carbons (Fsp3) is 0.571. The van der Waals surface area contributed by atoms with Gasteiger partial charge in [0.05, 0.1) is 6.10 Å². The SMILES string of the molecule is CC(=O)NCCCCC(CNC(CCC(=O)C=[N+]=[N-])C(=O)OC(C)C)NCC(N)Cc1c[nH]c2ccccc12. The van der Waals surface area contributed by atoms with Crippen molar-refractivity contribution in [1.82, 2.24) is 20.9 Å². The third kappa shape index (κ3) is 12.4. The van der Waals surface area contributed by atoms with Gasteiger partial charge in [-0.05, 0) is 51.2 Å². The number of carbonyl (C=O) groups is 3. The number of ketones is 1. The minimum atomic E-state index is -0.688. The summed E-state index contributed by atoms with van der Waals surface area (Å²) in [6.07, 6.45) is 5.99. The number of nitrogens with one attached hydrogen (secondary N) is 4. The lowest BCUT2D eigenvalue weighted by atomic mass is 10.0. The summed E-state index contributed by atoms with van der Waals surface area (Å²) in [5.74, 6) is -0.862. The van der Waals surface area contributed by atoms with Crippen molar-refractivity contribution in [2.24, 2.45) is 5.73 Å². The minimum absolute atomic E-state index is 0.000373. The zero-order chi connectivity index (χ0) is 28.6. The Hall–Kier alpha value is -3.37. The summed E-state index contributed by atoms with van der Waals surface area (Å²) in [5, 5.41) is 10.8. The van der Waals surface area contributed by atoms with Crippen molar-refractivity contribution in [3.05, 3.63) is 41.6 Å². The summed E-state index contributed by atoms with van der Waals surface area (Å²) in [4.78, 5) is 41.7. The molecule has 1 aromatic carbocycles. The molecule has 6 N–H and O–H groups in total. The average Bonchev–Trinajstić information content (AvgIpc) is 3.28. The molecule has 1 aromatic heterocycles. The quantitative estimate of drug-likeness (QED) is 0.0593. The molecule has 0 aliphatic rings. The smallest absolute Gasteiger partial charge is 0.323 e. The van der Waals surface area contributed by atoms with Crippen molar-refractivity contribution in [3.8, 4) is 0 Å². The summed E-state index contributed by atoms with van der Waals surface area (Å²) < 4.78 is 5.39. The number of fused-ring (bicyclic) bond motifs is 1. The van der Waals surface area contributed by atoms with E-state index < -0.39 is 12.0 Å². The van der Waals surface area contributed by atoms with Gasteiger partial charge >= 0.3 is 12.2 Å². The zero-order valence-electron chi connectivity index (χ0n) is 23.2. The van der Waals surface area contributed by atoms with E-state index in [1.54, 1.807) is 13.8 Å². The Morgan fingerprint density at radius 3 is 2.62 bits per heavy atom. The van der Waals surface area contributed by atoms with Gasteiger partial charge in [0.25, 0.3) is 0 Å². The second kappa shape index (κ2) is 17.3. The van der Waals surface area contributed by atoms with E-state index in [2.05, 4.69) is 31.8 Å². The first-order valence-corrected chi connectivity index (χ1v) is 13.6. The van der Waals surface area contributed by atoms with Gasteiger partial charge in [-0.25, -0.2) is 0 Å². The molecule has 0 bridgehead atoms. The number of ether oxygens (including phenoxy) is 1. The minimum Gasteiger partial charge on any atom is -0.462 e. The molecule has 0 aliphatic carbocycles. The normalized spacial score (nSPS) is 13.5. The van der Waals surface area contributed by atoms with E-state index in [1.165, 1.54) is 6.92 Å². The monoisotopic (exact) mass is 541 g/mol. The second-order valence-corrected chi connectivity index (χ2v) is 10.1. The van der Waals surface area contributed by atoms with E-state index in [-0.39, 0.29) is 42.7 Å². The first kappa shape index (κ1) is 31.8. The number of aromatic nitrogens is 1. The van der Waals surface area contributed by atoms with Crippen LogP contribution in [0.2, 0.25) is 0 Å². The molecule has 0 fully saturated rings. The highest BCUT2D eigenvalue weighted by molar-refractivity contribution is 6.25. The Morgan fingerprint density at radius 1 is 1.13 bits per heavy atom. The van der Waals surface area contributed by atoms with Crippen LogP contribution in [-0.4, -0.2) is 77.5 Å². The third-order valence-corrected chi connectivity index (χ3v) is 6.31. The summed E-state index contributed by atoms with van der Waals surface area (Å²) in [6, 6.07) is 7.31. The summed E-state index contributed by atoms with van der Waals surface area (Å²) in [7, 11) is 0. The van der Waals surface area contributed by atoms with Crippen molar-refractivity contribution in [2.75, 3.05) is 19.6 Å². The Bertz CT molecular complexity index is 1110. The van der Waals surface area contributed by atoms with E-state index in [9.17, 15) is 14.4 Å². The van der Waals surface area contributed by atoms with Crippen LogP contribution in [0.25, 0.3) is 16.4 Å². The number of carbonyl (C=O) groups excluding carboxylic acids is 3. The second-order valence-electron chi connectivity index (χ2n) is 10.1. The number of nitrogens with zero attached hydrogens (tertiary/aromatic N) is 2. The highest BCUT2D eigenvalue weighted by Gasteiger charge is 2.23. The van der Waals surface area contributed by atoms with Crippen molar-refractivity contribution in [2.45, 2.75) is 83.5 Å². The maximum atomic E-state index is 12.7. The van der Waals surface area contributed by atoms with Gasteiger partial charge in [0.15, 0.2) is 0 Å². The molecule has 3 atom stereocenters. The number of unbranched alkanes of at least 4 members (excludes halogenated alkanes) is 1. The number of hydrogen-bond donors (Lipinski definition) is 5. The van der Waals surface area contributed by atoms with Crippen LogP contribution >= 0.6 is 0 Å². The number of hydrogen-bond acceptors (Lipinski definition) is 7. The predicted octanol–water partition coefficient (Wildman–Crippen LogP) is 1.86. The Balaban J connectivity index is 1.99. The number of rotatable bonds is 19. The number of nitrogens with two attached hydrogens (primary N) is 1. The molecule has 0 spiro atoms. The van der Waals surface area contributed by atoms with Crippen molar-refractivity contribution in [3.63, 3.8) is 0 Å². The van der Waals surface area contributed by atoms with Gasteiger partial charge in [-0.2, -0.15) is 4.79 Å². The predicted molar refractivity (Wildman–Crippen MR) is 151 cm³/mol. The maximum Gasteiger partial charge on any atom is 0.323 e. The van der Waals surface area contributed by atoms with Gasteiger partial charge in [0.2, 0.25) is 11.7 Å². The molecule has 0 saturated carbocycles. The molecular formula is C28H43N7O4. The lowest BCUT2D eigenvalue weighted by Gasteiger charge is -2.25. The van der Waals surface area contributed by atoms with Gasteiger partial charge in [-0.15, -0.1) is 0 Å². The Morgan fingerprint density at radius 2 is 1.90 bits per heavy atom.